The van der Waals surface area contributed by atoms with Crippen molar-refractivity contribution in [1.82, 2.24) is 0 Å². The monoisotopic (exact) mass is 218 g/mol. The normalized spacial score (nSPS) is 20.9. The summed E-state index contributed by atoms with van der Waals surface area (Å²) in [4.78, 5) is 0. The van der Waals surface area contributed by atoms with Crippen LogP contribution < -0.4 is 9.47 Å². The van der Waals surface area contributed by atoms with Gasteiger partial charge in [-0.05, 0) is 36.0 Å². The van der Waals surface area contributed by atoms with E-state index in [4.69, 9.17) is 9.47 Å². The van der Waals surface area contributed by atoms with Gasteiger partial charge in [-0.1, -0.05) is 26.8 Å². The Labute approximate surface area is 96.6 Å². The summed E-state index contributed by atoms with van der Waals surface area (Å²) in [5.74, 6) is 1.82. The summed E-state index contributed by atoms with van der Waals surface area (Å²) in [6, 6.07) is 6.30. The first-order valence-electron chi connectivity index (χ1n) is 5.95. The molecule has 0 bridgehead atoms. The third-order valence-electron chi connectivity index (χ3n) is 3.43. The summed E-state index contributed by atoms with van der Waals surface area (Å²) in [7, 11) is 0. The number of rotatable bonds is 0. The first-order chi connectivity index (χ1) is 7.49. The van der Waals surface area contributed by atoms with E-state index in [0.717, 1.165) is 30.9 Å². The van der Waals surface area contributed by atoms with Gasteiger partial charge >= 0.3 is 0 Å². The van der Waals surface area contributed by atoms with Crippen LogP contribution in [-0.2, 0) is 5.41 Å². The van der Waals surface area contributed by atoms with Crippen molar-refractivity contribution >= 4 is 0 Å². The van der Waals surface area contributed by atoms with Crippen LogP contribution in [0.5, 0.6) is 11.5 Å². The second-order valence-electron chi connectivity index (χ2n) is 5.99. The molecule has 1 heterocycles. The van der Waals surface area contributed by atoms with E-state index in [1.165, 1.54) is 5.56 Å². The lowest BCUT2D eigenvalue weighted by Crippen LogP contribution is -2.31. The highest BCUT2D eigenvalue weighted by Gasteiger charge is 2.49. The van der Waals surface area contributed by atoms with Crippen LogP contribution >= 0.6 is 0 Å². The molecule has 86 valence electrons. The number of ether oxygens (including phenoxy) is 2. The van der Waals surface area contributed by atoms with Crippen molar-refractivity contribution in [2.75, 3.05) is 6.61 Å². The van der Waals surface area contributed by atoms with Crippen molar-refractivity contribution in [2.45, 2.75) is 44.6 Å². The Kier molecular flexibility index (Phi) is 1.84. The van der Waals surface area contributed by atoms with Gasteiger partial charge in [0.15, 0.2) is 11.5 Å². The SMILES string of the molecule is CC(C)(C)c1ccc2c(c1)OC1(CC1)CO2. The zero-order valence-electron chi connectivity index (χ0n) is 10.2. The first-order valence-corrected chi connectivity index (χ1v) is 5.95. The number of hydrogen-bond acceptors (Lipinski definition) is 2. The number of hydrogen-bond donors (Lipinski definition) is 0. The first kappa shape index (κ1) is 10.0. The third kappa shape index (κ3) is 1.57. The summed E-state index contributed by atoms with van der Waals surface area (Å²) >= 11 is 0. The van der Waals surface area contributed by atoms with Crippen LogP contribution in [0.3, 0.4) is 0 Å². The number of benzene rings is 1. The van der Waals surface area contributed by atoms with Crippen molar-refractivity contribution in [3.05, 3.63) is 23.8 Å². The molecular formula is C14H18O2. The zero-order valence-corrected chi connectivity index (χ0v) is 10.2. The van der Waals surface area contributed by atoms with E-state index in [1.54, 1.807) is 0 Å². The molecule has 2 aliphatic rings. The predicted molar refractivity (Wildman–Crippen MR) is 63.2 cm³/mol. The summed E-state index contributed by atoms with van der Waals surface area (Å²) in [5, 5.41) is 0. The van der Waals surface area contributed by atoms with Crippen LogP contribution in [0.1, 0.15) is 39.2 Å². The van der Waals surface area contributed by atoms with E-state index in [0.29, 0.717) is 0 Å². The maximum atomic E-state index is 6.04. The lowest BCUT2D eigenvalue weighted by Gasteiger charge is -2.28. The van der Waals surface area contributed by atoms with Gasteiger partial charge in [0, 0.05) is 0 Å². The largest absolute Gasteiger partial charge is 0.486 e. The minimum absolute atomic E-state index is 0.0174. The van der Waals surface area contributed by atoms with Crippen LogP contribution in [0, 0.1) is 0 Å². The van der Waals surface area contributed by atoms with Crippen LogP contribution in [0.2, 0.25) is 0 Å². The van der Waals surface area contributed by atoms with Crippen LogP contribution in [0.4, 0.5) is 0 Å². The topological polar surface area (TPSA) is 18.5 Å². The van der Waals surface area contributed by atoms with Crippen molar-refractivity contribution in [1.29, 1.82) is 0 Å². The minimum Gasteiger partial charge on any atom is -0.486 e. The molecule has 1 aliphatic heterocycles. The van der Waals surface area contributed by atoms with Gasteiger partial charge in [0.2, 0.25) is 0 Å². The van der Waals surface area contributed by atoms with E-state index < -0.39 is 0 Å². The molecule has 0 amide bonds. The molecule has 0 N–H and O–H groups in total. The Balaban J connectivity index is 1.98. The average molecular weight is 218 g/mol. The van der Waals surface area contributed by atoms with Gasteiger partial charge in [-0.15, -0.1) is 0 Å². The number of fused-ring (bicyclic) bond motifs is 1. The molecule has 0 radical (unpaired) electrons. The van der Waals surface area contributed by atoms with Gasteiger partial charge in [0.25, 0.3) is 0 Å². The van der Waals surface area contributed by atoms with E-state index in [-0.39, 0.29) is 11.0 Å². The van der Waals surface area contributed by atoms with Gasteiger partial charge < -0.3 is 9.47 Å². The fraction of sp³-hybridized carbons (Fsp3) is 0.571. The van der Waals surface area contributed by atoms with Crippen molar-refractivity contribution in [2.24, 2.45) is 0 Å². The summed E-state index contributed by atoms with van der Waals surface area (Å²) in [6.07, 6.45) is 2.26. The molecule has 1 fully saturated rings. The standard InChI is InChI=1S/C14H18O2/c1-13(2,3)10-4-5-11-12(8-10)16-14(6-7-14)9-15-11/h4-5,8H,6-7,9H2,1-3H3. The second-order valence-corrected chi connectivity index (χ2v) is 5.99. The quantitative estimate of drug-likeness (QED) is 0.665. The van der Waals surface area contributed by atoms with E-state index >= 15 is 0 Å². The molecule has 0 aromatic heterocycles. The van der Waals surface area contributed by atoms with Gasteiger partial charge in [-0.25, -0.2) is 0 Å². The van der Waals surface area contributed by atoms with Crippen LogP contribution in [-0.4, -0.2) is 12.2 Å². The molecule has 1 spiro atoms. The molecule has 1 aliphatic carbocycles. The van der Waals surface area contributed by atoms with Crippen molar-refractivity contribution in [3.63, 3.8) is 0 Å². The van der Waals surface area contributed by atoms with Crippen LogP contribution in [0.15, 0.2) is 18.2 Å². The highest BCUT2D eigenvalue weighted by molar-refractivity contribution is 5.46. The van der Waals surface area contributed by atoms with Crippen molar-refractivity contribution < 1.29 is 9.47 Å². The Morgan fingerprint density at radius 2 is 1.88 bits per heavy atom. The van der Waals surface area contributed by atoms with Gasteiger partial charge in [-0.2, -0.15) is 0 Å². The smallest absolute Gasteiger partial charge is 0.162 e. The second kappa shape index (κ2) is 2.93. The van der Waals surface area contributed by atoms with E-state index in [9.17, 15) is 0 Å². The van der Waals surface area contributed by atoms with E-state index in [1.807, 2.05) is 6.07 Å². The highest BCUT2D eigenvalue weighted by atomic mass is 16.6. The highest BCUT2D eigenvalue weighted by Crippen LogP contribution is 2.47. The summed E-state index contributed by atoms with van der Waals surface area (Å²) in [5.41, 5.74) is 1.48. The maximum Gasteiger partial charge on any atom is 0.162 e. The molecule has 0 saturated heterocycles. The average Bonchev–Trinajstić information content (AvgIpc) is 2.95. The molecule has 1 aromatic rings. The summed E-state index contributed by atoms with van der Waals surface area (Å²) in [6.45, 7) is 7.36. The fourth-order valence-electron chi connectivity index (χ4n) is 2.03. The van der Waals surface area contributed by atoms with Crippen molar-refractivity contribution in [3.8, 4) is 11.5 Å². The molecular weight excluding hydrogens is 200 g/mol. The predicted octanol–water partition coefficient (Wildman–Crippen LogP) is 3.29. The van der Waals surface area contributed by atoms with Gasteiger partial charge in [0.05, 0.1) is 0 Å². The Morgan fingerprint density at radius 3 is 2.50 bits per heavy atom. The molecule has 1 saturated carbocycles. The molecule has 0 unspecified atom stereocenters. The maximum absolute atomic E-state index is 6.04. The summed E-state index contributed by atoms with van der Waals surface area (Å²) < 4.78 is 11.8. The Hall–Kier alpha value is -1.18. The molecule has 0 atom stereocenters. The van der Waals surface area contributed by atoms with Gasteiger partial charge in [0.1, 0.15) is 12.2 Å². The zero-order chi connectivity index (χ0) is 11.4. The lowest BCUT2D eigenvalue weighted by molar-refractivity contribution is 0.0715. The third-order valence-corrected chi connectivity index (χ3v) is 3.43. The fourth-order valence-corrected chi connectivity index (χ4v) is 2.03. The molecule has 2 heteroatoms. The molecule has 2 nitrogen and oxygen atoms in total. The van der Waals surface area contributed by atoms with E-state index in [2.05, 4.69) is 32.9 Å². The minimum atomic E-state index is 0.0174. The Morgan fingerprint density at radius 1 is 1.12 bits per heavy atom. The van der Waals surface area contributed by atoms with Gasteiger partial charge in [-0.3, -0.25) is 0 Å². The molecule has 3 rings (SSSR count). The lowest BCUT2D eigenvalue weighted by atomic mass is 9.87. The van der Waals surface area contributed by atoms with Crippen LogP contribution in [0.25, 0.3) is 0 Å². The molecule has 16 heavy (non-hydrogen) atoms. The Bertz CT molecular complexity index is 425. The molecule has 1 aromatic carbocycles.